The van der Waals surface area contributed by atoms with Gasteiger partial charge in [0.25, 0.3) is 0 Å². The minimum absolute atomic E-state index is 0. The average Bonchev–Trinajstić information content (AvgIpc) is 2.62. The molecule has 2 rings (SSSR count). The van der Waals surface area contributed by atoms with Crippen LogP contribution in [0.4, 0.5) is 0 Å². The Bertz CT molecular complexity index is 525. The fourth-order valence-corrected chi connectivity index (χ4v) is 5.94. The molecule has 19 heavy (non-hydrogen) atoms. The predicted molar refractivity (Wildman–Crippen MR) is 84.6 cm³/mol. The third kappa shape index (κ3) is 4.41. The average molecular weight is 390 g/mol. The minimum Gasteiger partial charge on any atom is -0.328 e. The van der Waals surface area contributed by atoms with E-state index < -0.39 is 10.0 Å². The molecule has 8 heteroatoms. The van der Waals surface area contributed by atoms with Crippen LogP contribution in [-0.2, 0) is 10.0 Å². The van der Waals surface area contributed by atoms with Crippen molar-refractivity contribution in [2.45, 2.75) is 49.6 Å². The van der Waals surface area contributed by atoms with Crippen LogP contribution < -0.4 is 10.5 Å². The Morgan fingerprint density at radius 3 is 2.42 bits per heavy atom. The van der Waals surface area contributed by atoms with Crippen molar-refractivity contribution in [2.24, 2.45) is 5.73 Å². The van der Waals surface area contributed by atoms with Crippen molar-refractivity contribution in [1.82, 2.24) is 4.72 Å². The second-order valence-electron chi connectivity index (χ2n) is 4.70. The Hall–Kier alpha value is 0.340. The molecule has 0 amide bonds. The van der Waals surface area contributed by atoms with Crippen LogP contribution in [0.2, 0.25) is 0 Å². The van der Waals surface area contributed by atoms with E-state index in [4.69, 9.17) is 5.73 Å². The highest BCUT2D eigenvalue weighted by Gasteiger charge is 2.26. The molecule has 1 aromatic heterocycles. The van der Waals surface area contributed by atoms with E-state index in [9.17, 15) is 8.42 Å². The highest BCUT2D eigenvalue weighted by atomic mass is 79.9. The molecular weight excluding hydrogens is 372 g/mol. The van der Waals surface area contributed by atoms with Gasteiger partial charge in [-0.2, -0.15) is 0 Å². The first-order valence-electron chi connectivity index (χ1n) is 5.92. The standard InChI is InChI=1S/C11H17BrN2O2S2.ClH/c1-7-10(6-11(12)17-7)18(15,16)14-9-4-2-8(13)3-5-9;/h6,8-9,14H,2-5,13H2,1H3;1H. The van der Waals surface area contributed by atoms with Crippen LogP contribution in [0.15, 0.2) is 14.7 Å². The SMILES string of the molecule is Cc1sc(Br)cc1S(=O)(=O)NC1CCC(N)CC1.Cl. The fourth-order valence-electron chi connectivity index (χ4n) is 2.22. The van der Waals surface area contributed by atoms with E-state index >= 15 is 0 Å². The van der Waals surface area contributed by atoms with E-state index in [2.05, 4.69) is 20.7 Å². The van der Waals surface area contributed by atoms with Gasteiger partial charge in [-0.3, -0.25) is 0 Å². The van der Waals surface area contributed by atoms with E-state index in [1.807, 2.05) is 6.92 Å². The molecule has 0 aliphatic heterocycles. The minimum atomic E-state index is -3.40. The molecular formula is C11H18BrClN2O2S2. The number of hydrogen-bond donors (Lipinski definition) is 2. The monoisotopic (exact) mass is 388 g/mol. The van der Waals surface area contributed by atoms with Crippen molar-refractivity contribution < 1.29 is 8.42 Å². The van der Waals surface area contributed by atoms with E-state index in [0.29, 0.717) is 4.90 Å². The van der Waals surface area contributed by atoms with Crippen LogP contribution in [0.25, 0.3) is 0 Å². The van der Waals surface area contributed by atoms with Crippen LogP contribution in [0, 0.1) is 6.92 Å². The number of hydrogen-bond acceptors (Lipinski definition) is 4. The van der Waals surface area contributed by atoms with E-state index in [1.54, 1.807) is 6.07 Å². The second kappa shape index (κ2) is 6.87. The normalized spacial score (nSPS) is 23.9. The van der Waals surface area contributed by atoms with E-state index in [1.165, 1.54) is 11.3 Å². The Morgan fingerprint density at radius 2 is 1.95 bits per heavy atom. The van der Waals surface area contributed by atoms with Gasteiger partial charge in [-0.05, 0) is 54.6 Å². The maximum atomic E-state index is 12.3. The first-order valence-corrected chi connectivity index (χ1v) is 9.01. The summed E-state index contributed by atoms with van der Waals surface area (Å²) in [5.41, 5.74) is 5.82. The summed E-state index contributed by atoms with van der Waals surface area (Å²) in [7, 11) is -3.40. The van der Waals surface area contributed by atoms with E-state index in [0.717, 1.165) is 34.3 Å². The largest absolute Gasteiger partial charge is 0.328 e. The number of rotatable bonds is 3. The molecule has 0 atom stereocenters. The van der Waals surface area contributed by atoms with Gasteiger partial charge >= 0.3 is 0 Å². The van der Waals surface area contributed by atoms with Crippen molar-refractivity contribution in [3.05, 3.63) is 14.7 Å². The molecule has 1 aliphatic carbocycles. The summed E-state index contributed by atoms with van der Waals surface area (Å²) in [5, 5.41) is 0. The lowest BCUT2D eigenvalue weighted by molar-refractivity contribution is 0.373. The molecule has 0 unspecified atom stereocenters. The number of halogens is 2. The molecule has 0 radical (unpaired) electrons. The number of nitrogens with one attached hydrogen (secondary N) is 1. The number of aryl methyl sites for hydroxylation is 1. The van der Waals surface area contributed by atoms with Crippen LogP contribution >= 0.6 is 39.7 Å². The van der Waals surface area contributed by atoms with Gasteiger partial charge in [-0.15, -0.1) is 23.7 Å². The number of sulfonamides is 1. The van der Waals surface area contributed by atoms with Crippen molar-refractivity contribution in [3.8, 4) is 0 Å². The molecule has 1 saturated carbocycles. The molecule has 1 aromatic rings. The highest BCUT2D eigenvalue weighted by Crippen LogP contribution is 2.30. The van der Waals surface area contributed by atoms with Gasteiger partial charge < -0.3 is 5.73 Å². The van der Waals surface area contributed by atoms with Gasteiger partial charge in [-0.25, -0.2) is 13.1 Å². The number of nitrogens with two attached hydrogens (primary N) is 1. The van der Waals surface area contributed by atoms with Gasteiger partial charge in [0.05, 0.1) is 8.68 Å². The molecule has 3 N–H and O–H groups in total. The highest BCUT2D eigenvalue weighted by molar-refractivity contribution is 9.11. The molecule has 1 aliphatic rings. The zero-order chi connectivity index (χ0) is 13.3. The van der Waals surface area contributed by atoms with Crippen LogP contribution in [0.5, 0.6) is 0 Å². The lowest BCUT2D eigenvalue weighted by Gasteiger charge is -2.26. The van der Waals surface area contributed by atoms with Gasteiger partial charge in [0.15, 0.2) is 0 Å². The maximum absolute atomic E-state index is 12.3. The van der Waals surface area contributed by atoms with Gasteiger partial charge in [-0.1, -0.05) is 0 Å². The second-order valence-corrected chi connectivity index (χ2v) is 9.02. The quantitative estimate of drug-likeness (QED) is 0.835. The Kier molecular flexibility index (Phi) is 6.28. The van der Waals surface area contributed by atoms with Gasteiger partial charge in [0.2, 0.25) is 10.0 Å². The van der Waals surface area contributed by atoms with Crippen molar-refractivity contribution in [1.29, 1.82) is 0 Å². The summed E-state index contributed by atoms with van der Waals surface area (Å²) in [4.78, 5) is 1.19. The predicted octanol–water partition coefficient (Wildman–Crippen LogP) is 2.79. The Morgan fingerprint density at radius 1 is 1.37 bits per heavy atom. The smallest absolute Gasteiger partial charge is 0.241 e. The summed E-state index contributed by atoms with van der Waals surface area (Å²) in [6.07, 6.45) is 3.43. The van der Waals surface area contributed by atoms with Crippen molar-refractivity contribution in [2.75, 3.05) is 0 Å². The molecule has 110 valence electrons. The zero-order valence-corrected chi connectivity index (χ0v) is 14.6. The molecule has 0 bridgehead atoms. The van der Waals surface area contributed by atoms with Crippen molar-refractivity contribution in [3.63, 3.8) is 0 Å². The van der Waals surface area contributed by atoms with Crippen LogP contribution in [-0.4, -0.2) is 20.5 Å². The van der Waals surface area contributed by atoms with Gasteiger partial charge in [0, 0.05) is 17.0 Å². The molecule has 0 aromatic carbocycles. The summed E-state index contributed by atoms with van der Waals surface area (Å²) in [6, 6.07) is 1.91. The lowest BCUT2D eigenvalue weighted by atomic mass is 9.93. The molecule has 1 heterocycles. The summed E-state index contributed by atoms with van der Waals surface area (Å²) in [6.45, 7) is 1.82. The first kappa shape index (κ1) is 17.4. The fraction of sp³-hybridized carbons (Fsp3) is 0.636. The van der Waals surface area contributed by atoms with Gasteiger partial charge in [0.1, 0.15) is 0 Å². The maximum Gasteiger partial charge on any atom is 0.241 e. The Balaban J connectivity index is 0.00000180. The molecule has 1 fully saturated rings. The topological polar surface area (TPSA) is 72.2 Å². The third-order valence-corrected chi connectivity index (χ3v) is 6.55. The molecule has 4 nitrogen and oxygen atoms in total. The Labute approximate surface area is 132 Å². The lowest BCUT2D eigenvalue weighted by Crippen LogP contribution is -2.40. The molecule has 0 spiro atoms. The first-order chi connectivity index (χ1) is 8.38. The zero-order valence-electron chi connectivity index (χ0n) is 10.6. The van der Waals surface area contributed by atoms with E-state index in [-0.39, 0.29) is 24.5 Å². The van der Waals surface area contributed by atoms with Crippen LogP contribution in [0.1, 0.15) is 30.6 Å². The summed E-state index contributed by atoms with van der Waals surface area (Å²) >= 11 is 4.75. The summed E-state index contributed by atoms with van der Waals surface area (Å²) in [5.74, 6) is 0. The summed E-state index contributed by atoms with van der Waals surface area (Å²) < 4.78 is 28.1. The van der Waals surface area contributed by atoms with Crippen LogP contribution in [0.3, 0.4) is 0 Å². The molecule has 0 saturated heterocycles. The number of thiophene rings is 1. The van der Waals surface area contributed by atoms with Crippen molar-refractivity contribution >= 4 is 49.7 Å². The third-order valence-electron chi connectivity index (χ3n) is 3.23.